The summed E-state index contributed by atoms with van der Waals surface area (Å²) in [5.74, 6) is -0.531. The van der Waals surface area contributed by atoms with Crippen molar-refractivity contribution in [2.24, 2.45) is 10.6 Å². The monoisotopic (exact) mass is 570 g/mol. The van der Waals surface area contributed by atoms with Crippen molar-refractivity contribution in [3.8, 4) is 6.07 Å². The molecule has 4 rings (SSSR count). The van der Waals surface area contributed by atoms with Gasteiger partial charge in [-0.1, -0.05) is 32.4 Å². The van der Waals surface area contributed by atoms with Crippen molar-refractivity contribution in [1.82, 2.24) is 14.8 Å². The SMILES string of the molecule is CC(C)(C)C(=O)Nc1cc(C#N)c(Cl)cc1COC(=O)N1CC2=C(C1)CN(C(=O)c1ccc([S+](N)[O-])cn1)C2. The molecular weight excluding hydrogens is 544 g/mol. The van der Waals surface area contributed by atoms with E-state index in [2.05, 4.69) is 10.3 Å². The van der Waals surface area contributed by atoms with Crippen molar-refractivity contribution in [3.63, 3.8) is 0 Å². The van der Waals surface area contributed by atoms with Crippen molar-refractivity contribution in [2.45, 2.75) is 32.3 Å². The topological polar surface area (TPSA) is 165 Å². The molecule has 2 aliphatic rings. The number of rotatable bonds is 5. The highest BCUT2D eigenvalue weighted by Gasteiger charge is 2.35. The number of pyridine rings is 1. The molecule has 0 fully saturated rings. The summed E-state index contributed by atoms with van der Waals surface area (Å²) < 4.78 is 16.9. The Morgan fingerprint density at radius 1 is 1.18 bits per heavy atom. The number of nitrogens with one attached hydrogen (secondary N) is 1. The van der Waals surface area contributed by atoms with E-state index in [-0.39, 0.29) is 34.7 Å². The van der Waals surface area contributed by atoms with Gasteiger partial charge in [-0.3, -0.25) is 9.59 Å². The molecule has 1 atom stereocenters. The molecule has 13 heteroatoms. The average molecular weight is 571 g/mol. The third-order valence-corrected chi connectivity index (χ3v) is 7.37. The van der Waals surface area contributed by atoms with Gasteiger partial charge >= 0.3 is 6.09 Å². The van der Waals surface area contributed by atoms with Crippen LogP contribution in [-0.4, -0.2) is 63.4 Å². The number of hydrogen-bond donors (Lipinski definition) is 2. The Morgan fingerprint density at radius 3 is 2.36 bits per heavy atom. The molecule has 1 aromatic heterocycles. The molecule has 3 heterocycles. The second kappa shape index (κ2) is 11.2. The van der Waals surface area contributed by atoms with E-state index < -0.39 is 22.9 Å². The second-order valence-corrected chi connectivity index (χ2v) is 11.7. The molecule has 3 amide bonds. The van der Waals surface area contributed by atoms with E-state index in [9.17, 15) is 24.2 Å². The predicted octanol–water partition coefficient (Wildman–Crippen LogP) is 2.98. The van der Waals surface area contributed by atoms with Crippen LogP contribution >= 0.6 is 11.6 Å². The van der Waals surface area contributed by atoms with Crippen LogP contribution in [-0.2, 0) is 27.5 Å². The van der Waals surface area contributed by atoms with Gasteiger partial charge in [0, 0.05) is 42.8 Å². The number of anilines is 1. The largest absolute Gasteiger partial charge is 0.593 e. The minimum Gasteiger partial charge on any atom is -0.593 e. The molecule has 204 valence electrons. The smallest absolute Gasteiger partial charge is 0.410 e. The minimum atomic E-state index is -1.67. The van der Waals surface area contributed by atoms with Crippen LogP contribution in [0.25, 0.3) is 0 Å². The zero-order valence-electron chi connectivity index (χ0n) is 21.6. The number of nitriles is 1. The first kappa shape index (κ1) is 28.4. The lowest BCUT2D eigenvalue weighted by atomic mass is 9.95. The molecule has 11 nitrogen and oxygen atoms in total. The molecule has 2 aliphatic heterocycles. The van der Waals surface area contributed by atoms with Crippen molar-refractivity contribution in [3.05, 3.63) is 63.5 Å². The number of hydrogen-bond acceptors (Lipinski definition) is 8. The molecule has 0 spiro atoms. The summed E-state index contributed by atoms with van der Waals surface area (Å²) in [6.45, 7) is 6.47. The maximum atomic E-state index is 12.9. The highest BCUT2D eigenvalue weighted by Crippen LogP contribution is 2.30. The number of ether oxygens (including phenoxy) is 1. The summed E-state index contributed by atoms with van der Waals surface area (Å²) in [5, 5.41) is 17.6. The molecule has 3 N–H and O–H groups in total. The highest BCUT2D eigenvalue weighted by atomic mass is 35.5. The van der Waals surface area contributed by atoms with Crippen molar-refractivity contribution < 1.29 is 23.7 Å². The molecule has 39 heavy (non-hydrogen) atoms. The van der Waals surface area contributed by atoms with Crippen LogP contribution in [0, 0.1) is 16.7 Å². The maximum Gasteiger partial charge on any atom is 0.410 e. The van der Waals surface area contributed by atoms with Crippen LogP contribution in [0.2, 0.25) is 5.02 Å². The van der Waals surface area contributed by atoms with Crippen molar-refractivity contribution >= 4 is 46.6 Å². The van der Waals surface area contributed by atoms with Gasteiger partial charge in [-0.25, -0.2) is 9.78 Å². The third-order valence-electron chi connectivity index (χ3n) is 6.35. The molecule has 1 unspecified atom stereocenters. The van der Waals surface area contributed by atoms with Gasteiger partial charge in [-0.15, -0.1) is 5.14 Å². The number of carbonyl (C=O) groups excluding carboxylic acids is 3. The summed E-state index contributed by atoms with van der Waals surface area (Å²) in [6.07, 6.45) is 0.766. The normalized spacial score (nSPS) is 15.6. The van der Waals surface area contributed by atoms with Gasteiger partial charge in [0.25, 0.3) is 5.91 Å². The van der Waals surface area contributed by atoms with Gasteiger partial charge in [0.1, 0.15) is 18.4 Å². The Balaban J connectivity index is 1.35. The Hall–Kier alpha value is -3.63. The van der Waals surface area contributed by atoms with Gasteiger partial charge in [0.2, 0.25) is 5.91 Å². The van der Waals surface area contributed by atoms with E-state index >= 15 is 0 Å². The Bertz CT molecular complexity index is 1380. The first-order valence-corrected chi connectivity index (χ1v) is 13.5. The molecule has 0 saturated heterocycles. The standard InChI is InChI=1S/C26H27ClN6O5S/c1-26(2,3)24(35)31-22-7-15(8-28)20(27)6-16(22)14-38-25(36)33-12-17-10-32(11-18(17)13-33)23(34)21-5-4-19(9-30-21)39(29)37/h4-7,9H,10-14,29H2,1-3H3,(H,31,35). The molecule has 0 saturated carbocycles. The summed E-state index contributed by atoms with van der Waals surface area (Å²) in [7, 11) is 0. The van der Waals surface area contributed by atoms with Crippen molar-refractivity contribution in [1.29, 1.82) is 5.26 Å². The lowest BCUT2D eigenvalue weighted by Gasteiger charge is -2.23. The summed E-state index contributed by atoms with van der Waals surface area (Å²) >= 11 is 4.52. The summed E-state index contributed by atoms with van der Waals surface area (Å²) in [6, 6.07) is 7.94. The molecule has 0 aliphatic carbocycles. The van der Waals surface area contributed by atoms with Crippen LogP contribution in [0.3, 0.4) is 0 Å². The zero-order chi connectivity index (χ0) is 28.5. The van der Waals surface area contributed by atoms with E-state index in [1.54, 1.807) is 25.7 Å². The average Bonchev–Trinajstić information content (AvgIpc) is 3.47. The van der Waals surface area contributed by atoms with Crippen LogP contribution in [0.5, 0.6) is 0 Å². The van der Waals surface area contributed by atoms with Crippen LogP contribution in [0.4, 0.5) is 10.5 Å². The Kier molecular flexibility index (Phi) is 8.17. The van der Waals surface area contributed by atoms with Gasteiger partial charge in [0.05, 0.1) is 28.1 Å². The summed E-state index contributed by atoms with van der Waals surface area (Å²) in [4.78, 5) is 45.8. The fourth-order valence-electron chi connectivity index (χ4n) is 4.12. The summed E-state index contributed by atoms with van der Waals surface area (Å²) in [5.41, 5.74) is 2.45. The third kappa shape index (κ3) is 6.34. The first-order chi connectivity index (χ1) is 18.4. The number of carbonyl (C=O) groups is 3. The second-order valence-electron chi connectivity index (χ2n) is 10.3. The Morgan fingerprint density at radius 2 is 1.82 bits per heavy atom. The van der Waals surface area contributed by atoms with Crippen molar-refractivity contribution in [2.75, 3.05) is 31.5 Å². The van der Waals surface area contributed by atoms with E-state index in [4.69, 9.17) is 21.5 Å². The number of benzene rings is 1. The molecule has 1 aromatic carbocycles. The first-order valence-electron chi connectivity index (χ1n) is 11.9. The van der Waals surface area contributed by atoms with Gasteiger partial charge in [-0.2, -0.15) is 5.26 Å². The predicted molar refractivity (Wildman–Crippen MR) is 144 cm³/mol. The lowest BCUT2D eigenvalue weighted by molar-refractivity contribution is -0.123. The lowest BCUT2D eigenvalue weighted by Crippen LogP contribution is -2.37. The van der Waals surface area contributed by atoms with E-state index in [1.807, 2.05) is 6.07 Å². The van der Waals surface area contributed by atoms with E-state index in [0.717, 1.165) is 11.1 Å². The number of nitrogens with zero attached hydrogens (tertiary/aromatic N) is 4. The van der Waals surface area contributed by atoms with Crippen LogP contribution in [0.15, 0.2) is 46.5 Å². The number of aromatic nitrogens is 1. The molecular formula is C26H27ClN6O5S. The van der Waals surface area contributed by atoms with Crippen LogP contribution < -0.4 is 10.5 Å². The molecule has 2 aromatic rings. The fraction of sp³-hybridized carbons (Fsp3) is 0.346. The zero-order valence-corrected chi connectivity index (χ0v) is 23.2. The number of halogens is 1. The van der Waals surface area contributed by atoms with Crippen LogP contribution in [0.1, 0.15) is 42.4 Å². The maximum absolute atomic E-state index is 12.9. The Labute approximate surface area is 233 Å². The van der Waals surface area contributed by atoms with Gasteiger partial charge in [-0.05, 0) is 35.4 Å². The van der Waals surface area contributed by atoms with E-state index in [0.29, 0.717) is 42.3 Å². The van der Waals surface area contributed by atoms with E-state index in [1.165, 1.54) is 35.4 Å². The highest BCUT2D eigenvalue weighted by molar-refractivity contribution is 7.89. The number of amides is 3. The quantitative estimate of drug-likeness (QED) is 0.409. The molecule has 0 bridgehead atoms. The molecule has 0 radical (unpaired) electrons. The van der Waals surface area contributed by atoms with Gasteiger partial charge < -0.3 is 24.4 Å². The minimum absolute atomic E-state index is 0.162. The number of nitrogens with two attached hydrogens (primary N) is 1. The fourth-order valence-corrected chi connectivity index (χ4v) is 4.70. The van der Waals surface area contributed by atoms with Gasteiger partial charge in [0.15, 0.2) is 4.90 Å².